The predicted molar refractivity (Wildman–Crippen MR) is 66.1 cm³/mol. The molecule has 1 saturated heterocycles. The second-order valence-corrected chi connectivity index (χ2v) is 4.67. The maximum Gasteiger partial charge on any atom is 0.239 e. The molecular weight excluding hydrogens is 202 g/mol. The van der Waals surface area contributed by atoms with Crippen molar-refractivity contribution in [1.29, 1.82) is 0 Å². The van der Waals surface area contributed by atoms with Crippen molar-refractivity contribution < 1.29 is 4.79 Å². The quantitative estimate of drug-likeness (QED) is 0.706. The van der Waals surface area contributed by atoms with Gasteiger partial charge in [0, 0.05) is 19.1 Å². The Hall–Kier alpha value is -0.870. The number of nitrogens with zero attached hydrogens (tertiary/aromatic N) is 2. The molecule has 1 rings (SSSR count). The molecule has 1 aliphatic heterocycles. The van der Waals surface area contributed by atoms with Crippen molar-refractivity contribution in [2.45, 2.75) is 31.3 Å². The van der Waals surface area contributed by atoms with Crippen molar-refractivity contribution >= 4 is 5.91 Å². The molecule has 4 nitrogen and oxygen atoms in total. The third-order valence-electron chi connectivity index (χ3n) is 3.18. The molecule has 0 radical (unpaired) electrons. The smallest absolute Gasteiger partial charge is 0.239 e. The van der Waals surface area contributed by atoms with Crippen molar-refractivity contribution in [3.8, 4) is 0 Å². The number of rotatable bonds is 4. The Balaban J connectivity index is 2.52. The number of amides is 1. The first kappa shape index (κ1) is 13.2. The molecule has 0 spiro atoms. The summed E-state index contributed by atoms with van der Waals surface area (Å²) in [6.07, 6.45) is 4.49. The van der Waals surface area contributed by atoms with E-state index in [1.165, 1.54) is 0 Å². The van der Waals surface area contributed by atoms with Gasteiger partial charge < -0.3 is 15.5 Å². The third kappa shape index (κ3) is 3.32. The van der Waals surface area contributed by atoms with Gasteiger partial charge in [-0.05, 0) is 33.4 Å². The lowest BCUT2D eigenvalue weighted by molar-refractivity contribution is -0.134. The van der Waals surface area contributed by atoms with Crippen LogP contribution in [0, 0.1) is 0 Å². The van der Waals surface area contributed by atoms with Crippen molar-refractivity contribution in [2.24, 2.45) is 5.73 Å². The normalized spacial score (nSPS) is 23.2. The summed E-state index contributed by atoms with van der Waals surface area (Å²) in [4.78, 5) is 16.1. The Morgan fingerprint density at radius 3 is 2.94 bits per heavy atom. The molecule has 4 heteroatoms. The first-order valence-corrected chi connectivity index (χ1v) is 5.88. The molecule has 0 saturated carbocycles. The minimum absolute atomic E-state index is 0.0615. The number of piperidine rings is 1. The van der Waals surface area contributed by atoms with E-state index in [4.69, 9.17) is 5.73 Å². The number of nitrogens with two attached hydrogens (primary N) is 1. The molecule has 1 aliphatic rings. The molecule has 1 fully saturated rings. The number of likely N-dealkylation sites (tertiary alicyclic amines) is 1. The molecule has 1 heterocycles. The van der Waals surface area contributed by atoms with Crippen LogP contribution in [-0.2, 0) is 4.79 Å². The summed E-state index contributed by atoms with van der Waals surface area (Å²) in [6.45, 7) is 5.26. The zero-order valence-corrected chi connectivity index (χ0v) is 10.4. The molecule has 0 aromatic heterocycles. The monoisotopic (exact) mass is 225 g/mol. The summed E-state index contributed by atoms with van der Waals surface area (Å²) in [6, 6.07) is 0.0482. The highest BCUT2D eigenvalue weighted by molar-refractivity contribution is 5.81. The lowest BCUT2D eigenvalue weighted by atomic mass is 10.0. The van der Waals surface area contributed by atoms with Crippen LogP contribution in [0.1, 0.15) is 19.3 Å². The van der Waals surface area contributed by atoms with E-state index in [0.29, 0.717) is 12.5 Å². The average Bonchev–Trinajstić information content (AvgIpc) is 2.28. The van der Waals surface area contributed by atoms with Gasteiger partial charge in [-0.3, -0.25) is 4.79 Å². The highest BCUT2D eigenvalue weighted by Gasteiger charge is 2.27. The van der Waals surface area contributed by atoms with Gasteiger partial charge in [0.1, 0.15) is 0 Å². The van der Waals surface area contributed by atoms with E-state index in [1.807, 2.05) is 4.90 Å². The molecule has 92 valence electrons. The van der Waals surface area contributed by atoms with E-state index in [1.54, 1.807) is 6.08 Å². The van der Waals surface area contributed by atoms with Crippen LogP contribution in [0.2, 0.25) is 0 Å². The Morgan fingerprint density at radius 1 is 1.69 bits per heavy atom. The summed E-state index contributed by atoms with van der Waals surface area (Å²) in [5.41, 5.74) is 5.80. The van der Waals surface area contributed by atoms with Gasteiger partial charge in [0.15, 0.2) is 0 Å². The molecule has 0 aromatic carbocycles. The maximum atomic E-state index is 12.0. The number of carbonyl (C=O) groups is 1. The number of carbonyl (C=O) groups excluding carboxylic acids is 1. The predicted octanol–water partition coefficient (Wildman–Crippen LogP) is 0.442. The number of hydrogen-bond donors (Lipinski definition) is 1. The standard InChI is InChI=1S/C12H23N3O/c1-4-6-11(13)12(16)15-8-5-7-10(9-15)14(2)3/h4,10-11H,1,5-9,13H2,2-3H3. The molecule has 0 aliphatic carbocycles. The van der Waals surface area contributed by atoms with E-state index in [9.17, 15) is 4.79 Å². The van der Waals surface area contributed by atoms with Crippen LogP contribution < -0.4 is 5.73 Å². The first-order valence-electron chi connectivity index (χ1n) is 5.88. The molecule has 0 bridgehead atoms. The second-order valence-electron chi connectivity index (χ2n) is 4.67. The highest BCUT2D eigenvalue weighted by atomic mass is 16.2. The molecule has 2 N–H and O–H groups in total. The van der Waals surface area contributed by atoms with E-state index < -0.39 is 6.04 Å². The van der Waals surface area contributed by atoms with Crippen LogP contribution in [0.3, 0.4) is 0 Å². The summed E-state index contributed by atoms with van der Waals surface area (Å²) in [5, 5.41) is 0. The van der Waals surface area contributed by atoms with E-state index >= 15 is 0 Å². The minimum Gasteiger partial charge on any atom is -0.340 e. The fraction of sp³-hybridized carbons (Fsp3) is 0.750. The van der Waals surface area contributed by atoms with Gasteiger partial charge >= 0.3 is 0 Å². The summed E-state index contributed by atoms with van der Waals surface area (Å²) in [5.74, 6) is 0.0615. The highest BCUT2D eigenvalue weighted by Crippen LogP contribution is 2.14. The largest absolute Gasteiger partial charge is 0.340 e. The molecule has 2 unspecified atom stereocenters. The van der Waals surface area contributed by atoms with E-state index in [2.05, 4.69) is 25.6 Å². The first-order chi connectivity index (χ1) is 7.56. The van der Waals surface area contributed by atoms with E-state index in [0.717, 1.165) is 25.9 Å². The Kier molecular flexibility index (Phi) is 4.96. The molecule has 16 heavy (non-hydrogen) atoms. The average molecular weight is 225 g/mol. The van der Waals surface area contributed by atoms with E-state index in [-0.39, 0.29) is 5.91 Å². The fourth-order valence-corrected chi connectivity index (χ4v) is 2.09. The summed E-state index contributed by atoms with van der Waals surface area (Å²) in [7, 11) is 4.12. The minimum atomic E-state index is -0.418. The molecule has 1 amide bonds. The van der Waals surface area contributed by atoms with Crippen LogP contribution in [-0.4, -0.2) is 55.0 Å². The van der Waals surface area contributed by atoms with Gasteiger partial charge in [0.05, 0.1) is 6.04 Å². The van der Waals surface area contributed by atoms with Crippen molar-refractivity contribution in [3.05, 3.63) is 12.7 Å². The summed E-state index contributed by atoms with van der Waals surface area (Å²) < 4.78 is 0. The second kappa shape index (κ2) is 6.01. The van der Waals surface area contributed by atoms with Gasteiger partial charge in [-0.25, -0.2) is 0 Å². The van der Waals surface area contributed by atoms with Crippen molar-refractivity contribution in [2.75, 3.05) is 27.2 Å². The van der Waals surface area contributed by atoms with Gasteiger partial charge in [-0.2, -0.15) is 0 Å². The maximum absolute atomic E-state index is 12.0. The van der Waals surface area contributed by atoms with Crippen LogP contribution in [0.4, 0.5) is 0 Å². The van der Waals surface area contributed by atoms with Crippen molar-refractivity contribution in [3.63, 3.8) is 0 Å². The molecule has 0 aromatic rings. The Morgan fingerprint density at radius 2 is 2.38 bits per heavy atom. The lowest BCUT2D eigenvalue weighted by Crippen LogP contribution is -2.52. The van der Waals surface area contributed by atoms with Crippen LogP contribution in [0.5, 0.6) is 0 Å². The van der Waals surface area contributed by atoms with Gasteiger partial charge in [-0.15, -0.1) is 6.58 Å². The molecular formula is C12H23N3O. The van der Waals surface area contributed by atoms with Crippen LogP contribution in [0.15, 0.2) is 12.7 Å². The van der Waals surface area contributed by atoms with Gasteiger partial charge in [-0.1, -0.05) is 6.08 Å². The zero-order valence-electron chi connectivity index (χ0n) is 10.4. The topological polar surface area (TPSA) is 49.6 Å². The van der Waals surface area contributed by atoms with Crippen LogP contribution in [0.25, 0.3) is 0 Å². The lowest BCUT2D eigenvalue weighted by Gasteiger charge is -2.37. The Labute approximate surface area is 98.1 Å². The SMILES string of the molecule is C=CCC(N)C(=O)N1CCCC(N(C)C)C1. The third-order valence-corrected chi connectivity index (χ3v) is 3.18. The number of hydrogen-bond acceptors (Lipinski definition) is 3. The molecule has 2 atom stereocenters. The van der Waals surface area contributed by atoms with Gasteiger partial charge in [0.2, 0.25) is 5.91 Å². The number of likely N-dealkylation sites (N-methyl/N-ethyl adjacent to an activating group) is 1. The summed E-state index contributed by atoms with van der Waals surface area (Å²) >= 11 is 0. The fourth-order valence-electron chi connectivity index (χ4n) is 2.09. The zero-order chi connectivity index (χ0) is 12.1. The van der Waals surface area contributed by atoms with Crippen LogP contribution >= 0.6 is 0 Å². The Bertz CT molecular complexity index is 253. The van der Waals surface area contributed by atoms with Gasteiger partial charge in [0.25, 0.3) is 0 Å². The van der Waals surface area contributed by atoms with Crippen molar-refractivity contribution in [1.82, 2.24) is 9.80 Å².